The molecule has 32 heavy (non-hydrogen) atoms. The van der Waals surface area contributed by atoms with Gasteiger partial charge in [-0.15, -0.1) is 10.2 Å². The molecular weight excluding hydrogens is 422 g/mol. The lowest BCUT2D eigenvalue weighted by Crippen LogP contribution is -2.18. The van der Waals surface area contributed by atoms with Crippen LogP contribution in [0, 0.1) is 6.92 Å². The number of hydrogen-bond donors (Lipinski definition) is 0. The molecular formula is C25H25N3O3S. The smallest absolute Gasteiger partial charge is 0.192 e. The van der Waals surface area contributed by atoms with Gasteiger partial charge in [-0.1, -0.05) is 49.0 Å². The molecule has 0 bridgehead atoms. The number of carbonyl (C=O) groups excluding carboxylic acids is 1. The largest absolute Gasteiger partial charge is 0.497 e. The van der Waals surface area contributed by atoms with Crippen molar-refractivity contribution in [1.82, 2.24) is 14.8 Å². The molecule has 6 nitrogen and oxygen atoms in total. The number of nitrogens with zero attached hydrogens (tertiary/aromatic N) is 3. The van der Waals surface area contributed by atoms with Crippen molar-refractivity contribution in [2.45, 2.75) is 37.2 Å². The van der Waals surface area contributed by atoms with Crippen LogP contribution < -0.4 is 4.74 Å². The average Bonchev–Trinajstić information content (AvgIpc) is 3.43. The van der Waals surface area contributed by atoms with Crippen LogP contribution in [0.25, 0.3) is 11.4 Å². The molecule has 4 aromatic rings. The Kier molecular flexibility index (Phi) is 6.75. The van der Waals surface area contributed by atoms with E-state index in [-0.39, 0.29) is 11.0 Å². The van der Waals surface area contributed by atoms with Crippen LogP contribution in [-0.2, 0) is 6.54 Å². The highest BCUT2D eigenvalue weighted by atomic mass is 32.2. The summed E-state index contributed by atoms with van der Waals surface area (Å²) in [5, 5.41) is 9.35. The van der Waals surface area contributed by atoms with Crippen molar-refractivity contribution < 1.29 is 13.9 Å². The van der Waals surface area contributed by atoms with Crippen molar-refractivity contribution in [3.05, 3.63) is 83.8 Å². The molecule has 0 aliphatic heterocycles. The quantitative estimate of drug-likeness (QED) is 0.244. The van der Waals surface area contributed by atoms with E-state index in [4.69, 9.17) is 9.15 Å². The van der Waals surface area contributed by atoms with Gasteiger partial charge in [0.2, 0.25) is 0 Å². The summed E-state index contributed by atoms with van der Waals surface area (Å²) in [7, 11) is 1.61. The second-order valence-electron chi connectivity index (χ2n) is 7.38. The van der Waals surface area contributed by atoms with Crippen molar-refractivity contribution >= 4 is 17.5 Å². The van der Waals surface area contributed by atoms with Gasteiger partial charge in [0, 0.05) is 5.56 Å². The number of hydrogen-bond acceptors (Lipinski definition) is 6. The van der Waals surface area contributed by atoms with Crippen LogP contribution in [0.15, 0.2) is 76.5 Å². The zero-order valence-corrected chi connectivity index (χ0v) is 19.1. The maximum absolute atomic E-state index is 13.2. The van der Waals surface area contributed by atoms with E-state index in [1.807, 2.05) is 50.2 Å². The Balaban J connectivity index is 1.66. The highest BCUT2D eigenvalue weighted by molar-refractivity contribution is 8.00. The molecule has 2 aromatic carbocycles. The van der Waals surface area contributed by atoms with E-state index in [9.17, 15) is 4.79 Å². The average molecular weight is 448 g/mol. The number of Topliss-reactive ketones (excluding diaryl/α,β-unsaturated/α-hetero) is 1. The number of carbonyl (C=O) groups is 1. The second kappa shape index (κ2) is 9.87. The van der Waals surface area contributed by atoms with Crippen molar-refractivity contribution in [1.29, 1.82) is 0 Å². The molecule has 0 fully saturated rings. The lowest BCUT2D eigenvalue weighted by molar-refractivity contribution is 0.0988. The van der Waals surface area contributed by atoms with Gasteiger partial charge in [-0.3, -0.25) is 9.36 Å². The van der Waals surface area contributed by atoms with E-state index in [2.05, 4.69) is 26.9 Å². The third kappa shape index (κ3) is 4.62. The fourth-order valence-electron chi connectivity index (χ4n) is 3.49. The third-order valence-electron chi connectivity index (χ3n) is 5.29. The van der Waals surface area contributed by atoms with Crippen LogP contribution in [0.3, 0.4) is 0 Å². The number of ether oxygens (including phenoxy) is 1. The predicted octanol–water partition coefficient (Wildman–Crippen LogP) is 5.66. The lowest BCUT2D eigenvalue weighted by Gasteiger charge is -2.15. The minimum Gasteiger partial charge on any atom is -0.497 e. The number of aromatic nitrogens is 3. The molecule has 0 amide bonds. The summed E-state index contributed by atoms with van der Waals surface area (Å²) in [6, 6.07) is 19.3. The van der Waals surface area contributed by atoms with Gasteiger partial charge in [0.25, 0.3) is 0 Å². The summed E-state index contributed by atoms with van der Waals surface area (Å²) in [5.41, 5.74) is 2.69. The van der Waals surface area contributed by atoms with E-state index >= 15 is 0 Å². The maximum Gasteiger partial charge on any atom is 0.192 e. The van der Waals surface area contributed by atoms with Gasteiger partial charge >= 0.3 is 0 Å². The van der Waals surface area contributed by atoms with Crippen molar-refractivity contribution in [3.8, 4) is 17.1 Å². The molecule has 4 rings (SSSR count). The number of rotatable bonds is 9. The number of methoxy groups -OCH3 is 1. The monoisotopic (exact) mass is 447 g/mol. The highest BCUT2D eigenvalue weighted by Gasteiger charge is 2.25. The SMILES string of the molecule is CCC(Sc1nnc(-c2ccoc2C)n1Cc1ccccc1)C(=O)c1ccc(OC)cc1. The predicted molar refractivity (Wildman–Crippen MR) is 125 cm³/mol. The van der Waals surface area contributed by atoms with Gasteiger partial charge in [0.15, 0.2) is 16.8 Å². The Hall–Kier alpha value is -3.32. The van der Waals surface area contributed by atoms with Crippen molar-refractivity contribution in [2.24, 2.45) is 0 Å². The fraction of sp³-hybridized carbons (Fsp3) is 0.240. The number of aryl methyl sites for hydroxylation is 1. The third-order valence-corrected chi connectivity index (χ3v) is 6.63. The Morgan fingerprint density at radius 1 is 1.09 bits per heavy atom. The molecule has 0 radical (unpaired) electrons. The summed E-state index contributed by atoms with van der Waals surface area (Å²) in [4.78, 5) is 13.2. The molecule has 7 heteroatoms. The molecule has 0 aliphatic carbocycles. The lowest BCUT2D eigenvalue weighted by atomic mass is 10.1. The van der Waals surface area contributed by atoms with Crippen molar-refractivity contribution in [2.75, 3.05) is 7.11 Å². The molecule has 0 spiro atoms. The summed E-state index contributed by atoms with van der Waals surface area (Å²) in [6.07, 6.45) is 2.33. The van der Waals surface area contributed by atoms with E-state index < -0.39 is 0 Å². The van der Waals surface area contributed by atoms with Gasteiger partial charge in [-0.05, 0) is 49.2 Å². The van der Waals surface area contributed by atoms with E-state index in [0.29, 0.717) is 23.7 Å². The molecule has 2 aromatic heterocycles. The molecule has 0 N–H and O–H groups in total. The van der Waals surface area contributed by atoms with Crippen LogP contribution in [0.1, 0.15) is 35.0 Å². The van der Waals surface area contributed by atoms with E-state index in [1.54, 1.807) is 25.5 Å². The van der Waals surface area contributed by atoms with Gasteiger partial charge in [-0.25, -0.2) is 0 Å². The molecule has 0 aliphatic rings. The minimum absolute atomic E-state index is 0.0652. The van der Waals surface area contributed by atoms with Gasteiger partial charge in [0.1, 0.15) is 11.5 Å². The van der Waals surface area contributed by atoms with Crippen LogP contribution in [0.4, 0.5) is 0 Å². The Morgan fingerprint density at radius 2 is 1.84 bits per heavy atom. The summed E-state index contributed by atoms with van der Waals surface area (Å²) >= 11 is 1.45. The molecule has 164 valence electrons. The van der Waals surface area contributed by atoms with Crippen LogP contribution in [-0.4, -0.2) is 32.9 Å². The highest BCUT2D eigenvalue weighted by Crippen LogP contribution is 2.32. The minimum atomic E-state index is -0.277. The zero-order chi connectivity index (χ0) is 22.5. The number of benzene rings is 2. The maximum atomic E-state index is 13.2. The van der Waals surface area contributed by atoms with Crippen molar-refractivity contribution in [3.63, 3.8) is 0 Å². The standard InChI is InChI=1S/C25H25N3O3S/c1-4-22(23(29)19-10-12-20(30-3)13-11-19)32-25-27-26-24(21-14-15-31-17(21)2)28(25)16-18-8-6-5-7-9-18/h5-15,22H,4,16H2,1-3H3. The van der Waals surface area contributed by atoms with Gasteiger partial charge < -0.3 is 9.15 Å². The molecule has 2 heterocycles. The van der Waals surface area contributed by atoms with Crippen LogP contribution in [0.2, 0.25) is 0 Å². The van der Waals surface area contributed by atoms with Gasteiger partial charge in [-0.2, -0.15) is 0 Å². The summed E-state index contributed by atoms with van der Waals surface area (Å²) in [5.74, 6) is 2.31. The number of thioether (sulfide) groups is 1. The Morgan fingerprint density at radius 3 is 2.47 bits per heavy atom. The van der Waals surface area contributed by atoms with Gasteiger partial charge in [0.05, 0.1) is 30.7 Å². The topological polar surface area (TPSA) is 70.2 Å². The number of furan rings is 1. The number of ketones is 1. The summed E-state index contributed by atoms with van der Waals surface area (Å²) in [6.45, 7) is 4.52. The first-order valence-corrected chi connectivity index (χ1v) is 11.3. The zero-order valence-electron chi connectivity index (χ0n) is 18.3. The Bertz CT molecular complexity index is 1180. The first-order chi connectivity index (χ1) is 15.6. The second-order valence-corrected chi connectivity index (χ2v) is 8.55. The molecule has 1 atom stereocenters. The fourth-order valence-corrected chi connectivity index (χ4v) is 4.52. The van der Waals surface area contributed by atoms with E-state index in [1.165, 1.54) is 11.8 Å². The first kappa shape index (κ1) is 21.9. The first-order valence-electron chi connectivity index (χ1n) is 10.5. The van der Waals surface area contributed by atoms with Crippen LogP contribution in [0.5, 0.6) is 5.75 Å². The van der Waals surface area contributed by atoms with E-state index in [0.717, 1.165) is 28.5 Å². The Labute approximate surface area is 191 Å². The molecule has 0 saturated carbocycles. The summed E-state index contributed by atoms with van der Waals surface area (Å²) < 4.78 is 12.8. The normalized spacial score (nSPS) is 12.0. The van der Waals surface area contributed by atoms with Crippen LogP contribution >= 0.6 is 11.8 Å². The molecule has 1 unspecified atom stereocenters. The molecule has 0 saturated heterocycles.